The fraction of sp³-hybridized carbons (Fsp3) is 0.250. The van der Waals surface area contributed by atoms with Crippen LogP contribution in [0.4, 0.5) is 5.69 Å². The number of anilines is 1. The Bertz CT molecular complexity index is 1130. The molecule has 0 saturated carbocycles. The molecular formula is C28H32BrClN2O4. The van der Waals surface area contributed by atoms with Crippen molar-refractivity contribution in [3.8, 4) is 0 Å². The molecule has 0 spiro atoms. The molecule has 3 aromatic carbocycles. The number of carboxylic acid groups (broad SMARTS) is 1. The van der Waals surface area contributed by atoms with Gasteiger partial charge >= 0.3 is 5.97 Å². The highest BCUT2D eigenvalue weighted by Crippen LogP contribution is 2.20. The number of carboxylic acids is 1. The maximum absolute atomic E-state index is 12.5. The predicted octanol–water partition coefficient (Wildman–Crippen LogP) is 6.73. The number of hydrogen-bond donors (Lipinski definition) is 3. The number of hydrogen-bond acceptors (Lipinski definition) is 3. The summed E-state index contributed by atoms with van der Waals surface area (Å²) in [6, 6.07) is 16.9. The van der Waals surface area contributed by atoms with E-state index in [-0.39, 0.29) is 6.42 Å². The van der Waals surface area contributed by atoms with Crippen LogP contribution in [0.25, 0.3) is 0 Å². The van der Waals surface area contributed by atoms with E-state index >= 15 is 0 Å². The number of nitrogens with one attached hydrogen (secondary N) is 2. The molecule has 0 aliphatic carbocycles. The van der Waals surface area contributed by atoms with Crippen molar-refractivity contribution in [1.82, 2.24) is 5.32 Å². The van der Waals surface area contributed by atoms with Crippen molar-refractivity contribution in [3.05, 3.63) is 98.0 Å². The molecule has 36 heavy (non-hydrogen) atoms. The van der Waals surface area contributed by atoms with Gasteiger partial charge in [-0.2, -0.15) is 0 Å². The third-order valence-corrected chi connectivity index (χ3v) is 6.28. The lowest BCUT2D eigenvalue weighted by atomic mass is 10.0. The summed E-state index contributed by atoms with van der Waals surface area (Å²) >= 11 is 9.13. The van der Waals surface area contributed by atoms with Gasteiger partial charge in [0.1, 0.15) is 6.04 Å². The van der Waals surface area contributed by atoms with Crippen molar-refractivity contribution in [3.63, 3.8) is 0 Å². The first-order valence-electron chi connectivity index (χ1n) is 11.4. The highest BCUT2D eigenvalue weighted by molar-refractivity contribution is 9.10. The maximum atomic E-state index is 12.5. The molecule has 1 atom stereocenters. The second-order valence-corrected chi connectivity index (χ2v) is 8.90. The molecule has 6 nitrogen and oxygen atoms in total. The quantitative estimate of drug-likeness (QED) is 0.272. The number of rotatable bonds is 7. The molecule has 3 rings (SSSR count). The number of halogens is 2. The summed E-state index contributed by atoms with van der Waals surface area (Å²) in [6.45, 7) is 9.87. The molecule has 8 heteroatoms. The van der Waals surface area contributed by atoms with Crippen molar-refractivity contribution >= 4 is 51.5 Å². The third-order valence-electron chi connectivity index (χ3n) is 5.21. The Morgan fingerprint density at radius 1 is 0.972 bits per heavy atom. The molecule has 0 aliphatic rings. The molecule has 0 aromatic heterocycles. The van der Waals surface area contributed by atoms with Crippen molar-refractivity contribution in [2.75, 3.05) is 5.32 Å². The van der Waals surface area contributed by atoms with E-state index in [2.05, 4.69) is 39.6 Å². The molecule has 3 aromatic rings. The van der Waals surface area contributed by atoms with Gasteiger partial charge in [-0.25, -0.2) is 4.79 Å². The minimum Gasteiger partial charge on any atom is -0.480 e. The normalized spacial score (nSPS) is 10.5. The number of amides is 2. The van der Waals surface area contributed by atoms with Crippen molar-refractivity contribution in [2.24, 2.45) is 0 Å². The summed E-state index contributed by atoms with van der Waals surface area (Å²) in [5.41, 5.74) is 4.94. The number of carbonyl (C=O) groups excluding carboxylic acids is 2. The van der Waals surface area contributed by atoms with Crippen LogP contribution in [-0.2, 0) is 16.0 Å². The van der Waals surface area contributed by atoms with Gasteiger partial charge in [0.05, 0.1) is 5.56 Å². The number of aryl methyl sites for hydroxylation is 2. The maximum Gasteiger partial charge on any atom is 0.326 e. The van der Waals surface area contributed by atoms with Crippen LogP contribution in [0, 0.1) is 20.8 Å². The van der Waals surface area contributed by atoms with Crippen molar-refractivity contribution in [2.45, 2.75) is 47.1 Å². The van der Waals surface area contributed by atoms with E-state index in [4.69, 9.17) is 11.6 Å². The van der Waals surface area contributed by atoms with E-state index < -0.39 is 17.9 Å². The van der Waals surface area contributed by atoms with Crippen LogP contribution in [0.2, 0.25) is 5.02 Å². The lowest BCUT2D eigenvalue weighted by molar-refractivity contribution is -0.139. The first-order chi connectivity index (χ1) is 17.1. The predicted molar refractivity (Wildman–Crippen MR) is 150 cm³/mol. The van der Waals surface area contributed by atoms with Gasteiger partial charge in [-0.15, -0.1) is 0 Å². The molecule has 2 amide bonds. The molecule has 1 unspecified atom stereocenters. The van der Waals surface area contributed by atoms with Crippen LogP contribution in [0.5, 0.6) is 0 Å². The number of benzene rings is 3. The van der Waals surface area contributed by atoms with E-state index in [0.717, 1.165) is 16.1 Å². The van der Waals surface area contributed by atoms with Crippen LogP contribution in [0.1, 0.15) is 46.5 Å². The van der Waals surface area contributed by atoms with Crippen molar-refractivity contribution in [1.29, 1.82) is 0 Å². The van der Waals surface area contributed by atoms with Gasteiger partial charge in [0.25, 0.3) is 5.91 Å². The van der Waals surface area contributed by atoms with Gasteiger partial charge in [-0.05, 0) is 83.2 Å². The van der Waals surface area contributed by atoms with Crippen LogP contribution < -0.4 is 10.6 Å². The van der Waals surface area contributed by atoms with Gasteiger partial charge in [-0.3, -0.25) is 9.59 Å². The van der Waals surface area contributed by atoms with Crippen LogP contribution in [-0.4, -0.2) is 29.4 Å². The molecular weight excluding hydrogens is 544 g/mol. The summed E-state index contributed by atoms with van der Waals surface area (Å²) in [6.07, 6.45) is 0.696. The van der Waals surface area contributed by atoms with Gasteiger partial charge in [0.2, 0.25) is 6.41 Å². The summed E-state index contributed by atoms with van der Waals surface area (Å²) in [5.74, 6) is -1.57. The van der Waals surface area contributed by atoms with E-state index in [1.165, 1.54) is 11.1 Å². The number of aliphatic carboxylic acids is 1. The molecule has 0 aliphatic heterocycles. The van der Waals surface area contributed by atoms with Crippen molar-refractivity contribution < 1.29 is 19.5 Å². The SMILES string of the molecule is CC.Cc1cccc(Br)c1C(=O)NC(Cc1ccc(NC=O)cc1)C(=O)O.Cc1cccc(Cl)c1C. The van der Waals surface area contributed by atoms with Crippen LogP contribution in [0.15, 0.2) is 65.1 Å². The van der Waals surface area contributed by atoms with Gasteiger partial charge < -0.3 is 15.7 Å². The van der Waals surface area contributed by atoms with E-state index in [1.807, 2.05) is 32.9 Å². The minimum atomic E-state index is -1.12. The minimum absolute atomic E-state index is 0.131. The largest absolute Gasteiger partial charge is 0.480 e. The fourth-order valence-electron chi connectivity index (χ4n) is 3.11. The van der Waals surface area contributed by atoms with Crippen LogP contribution >= 0.6 is 27.5 Å². The molecule has 0 heterocycles. The Morgan fingerprint density at radius 3 is 2.06 bits per heavy atom. The average Bonchev–Trinajstić information content (AvgIpc) is 2.85. The Kier molecular flexibility index (Phi) is 13.5. The Morgan fingerprint density at radius 2 is 1.56 bits per heavy atom. The van der Waals surface area contributed by atoms with E-state index in [9.17, 15) is 19.5 Å². The number of carbonyl (C=O) groups is 3. The van der Waals surface area contributed by atoms with Gasteiger partial charge in [-0.1, -0.05) is 61.8 Å². The summed E-state index contributed by atoms with van der Waals surface area (Å²) in [5, 5.41) is 15.3. The lowest BCUT2D eigenvalue weighted by Crippen LogP contribution is -2.42. The monoisotopic (exact) mass is 574 g/mol. The van der Waals surface area contributed by atoms with Gasteiger partial charge in [0.15, 0.2) is 0 Å². The topological polar surface area (TPSA) is 95.5 Å². The second-order valence-electron chi connectivity index (χ2n) is 7.64. The molecule has 0 saturated heterocycles. The standard InChI is InChI=1S/C18H17BrN2O4.C8H9Cl.C2H6/c1-11-3-2-4-14(19)16(11)17(23)21-15(18(24)25)9-12-5-7-13(8-6-12)20-10-22;1-6-4-3-5-8(9)7(6)2;1-2/h2-8,10,15H,9H2,1H3,(H,20,22)(H,21,23)(H,24,25);3-5H,1-2H3;1-2H3. The zero-order valence-electron chi connectivity index (χ0n) is 21.1. The fourth-order valence-corrected chi connectivity index (χ4v) is 3.97. The smallest absolute Gasteiger partial charge is 0.326 e. The highest BCUT2D eigenvalue weighted by Gasteiger charge is 2.23. The summed E-state index contributed by atoms with van der Waals surface area (Å²) < 4.78 is 0.610. The average molecular weight is 576 g/mol. The Balaban J connectivity index is 0.000000491. The third kappa shape index (κ3) is 9.47. The Hall–Kier alpha value is -3.16. The molecule has 3 N–H and O–H groups in total. The zero-order chi connectivity index (χ0) is 27.3. The van der Waals surface area contributed by atoms with E-state index in [1.54, 1.807) is 49.4 Å². The first kappa shape index (κ1) is 30.9. The molecule has 192 valence electrons. The molecule has 0 radical (unpaired) electrons. The highest BCUT2D eigenvalue weighted by atomic mass is 79.9. The Labute approximate surface area is 226 Å². The summed E-state index contributed by atoms with van der Waals surface area (Å²) in [4.78, 5) is 34.4. The first-order valence-corrected chi connectivity index (χ1v) is 12.6. The zero-order valence-corrected chi connectivity index (χ0v) is 23.4. The molecule has 0 fully saturated rings. The molecule has 0 bridgehead atoms. The van der Waals surface area contributed by atoms with Gasteiger partial charge in [0, 0.05) is 21.6 Å². The summed E-state index contributed by atoms with van der Waals surface area (Å²) in [7, 11) is 0. The second kappa shape index (κ2) is 15.8. The lowest BCUT2D eigenvalue weighted by Gasteiger charge is -2.16. The van der Waals surface area contributed by atoms with Crippen LogP contribution in [0.3, 0.4) is 0 Å². The van der Waals surface area contributed by atoms with E-state index in [0.29, 0.717) is 22.1 Å².